The highest BCUT2D eigenvalue weighted by Crippen LogP contribution is 2.20. The van der Waals surface area contributed by atoms with Crippen LogP contribution in [0.15, 0.2) is 18.2 Å². The molecule has 0 unspecified atom stereocenters. The molecule has 0 bridgehead atoms. The Bertz CT molecular complexity index is 385. The van der Waals surface area contributed by atoms with E-state index in [1.54, 1.807) is 5.56 Å². The van der Waals surface area contributed by atoms with Crippen LogP contribution in [0.25, 0.3) is 0 Å². The molecule has 0 saturated carbocycles. The lowest BCUT2D eigenvalue weighted by atomic mass is 9.95. The van der Waals surface area contributed by atoms with Crippen LogP contribution < -0.4 is 5.32 Å². The number of fused-ring (bicyclic) bond motifs is 1. The van der Waals surface area contributed by atoms with Gasteiger partial charge in [-0.15, -0.1) is 0 Å². The lowest BCUT2D eigenvalue weighted by Crippen LogP contribution is -2.29. The van der Waals surface area contributed by atoms with Crippen LogP contribution in [0.1, 0.15) is 37.5 Å². The van der Waals surface area contributed by atoms with Crippen molar-refractivity contribution in [2.75, 3.05) is 19.6 Å². The molecule has 0 atom stereocenters. The van der Waals surface area contributed by atoms with E-state index in [2.05, 4.69) is 49.2 Å². The first-order valence-electron chi connectivity index (χ1n) is 7.23. The van der Waals surface area contributed by atoms with E-state index in [1.807, 2.05) is 0 Å². The maximum absolute atomic E-state index is 3.45. The predicted octanol–water partition coefficient (Wildman–Crippen LogP) is 2.81. The van der Waals surface area contributed by atoms with E-state index < -0.39 is 0 Å². The third kappa shape index (κ3) is 3.33. The molecule has 2 nitrogen and oxygen atoms in total. The van der Waals surface area contributed by atoms with E-state index in [1.165, 1.54) is 24.1 Å². The maximum atomic E-state index is 3.45. The fraction of sp³-hybridized carbons (Fsp3) is 0.625. The van der Waals surface area contributed by atoms with Crippen molar-refractivity contribution in [2.45, 2.75) is 40.3 Å². The minimum atomic E-state index is 0.742. The summed E-state index contributed by atoms with van der Waals surface area (Å²) >= 11 is 0. The largest absolute Gasteiger partial charge is 0.312 e. The summed E-state index contributed by atoms with van der Waals surface area (Å²) in [6.07, 6.45) is 1.19. The average Bonchev–Trinajstić information content (AvgIpc) is 2.38. The van der Waals surface area contributed by atoms with Gasteiger partial charge in [-0.3, -0.25) is 4.90 Å². The number of rotatable bonds is 5. The van der Waals surface area contributed by atoms with Gasteiger partial charge in [0.05, 0.1) is 0 Å². The first-order chi connectivity index (χ1) is 8.70. The quantitative estimate of drug-likeness (QED) is 0.859. The van der Waals surface area contributed by atoms with Gasteiger partial charge in [0.25, 0.3) is 0 Å². The summed E-state index contributed by atoms with van der Waals surface area (Å²) in [7, 11) is 0. The zero-order valence-corrected chi connectivity index (χ0v) is 12.0. The normalized spacial score (nSPS) is 15.2. The summed E-state index contributed by atoms with van der Waals surface area (Å²) in [6, 6.07) is 6.79. The van der Waals surface area contributed by atoms with Crippen LogP contribution in [-0.4, -0.2) is 24.5 Å². The molecular formula is C16H26N2. The SMILES string of the molecule is CCN(Cc1cccc2c1CCNC2)CC(C)C. The van der Waals surface area contributed by atoms with E-state index in [4.69, 9.17) is 0 Å². The van der Waals surface area contributed by atoms with Crippen molar-refractivity contribution >= 4 is 0 Å². The van der Waals surface area contributed by atoms with Gasteiger partial charge in [-0.2, -0.15) is 0 Å². The standard InChI is InChI=1S/C16H26N2/c1-4-18(11-13(2)3)12-15-7-5-6-14-10-17-9-8-16(14)15/h5-7,13,17H,4,8-12H2,1-3H3. The summed E-state index contributed by atoms with van der Waals surface area (Å²) < 4.78 is 0. The van der Waals surface area contributed by atoms with Gasteiger partial charge in [0, 0.05) is 19.6 Å². The third-order valence-electron chi connectivity index (χ3n) is 3.70. The number of hydrogen-bond acceptors (Lipinski definition) is 2. The molecule has 0 aliphatic carbocycles. The molecule has 18 heavy (non-hydrogen) atoms. The zero-order valence-electron chi connectivity index (χ0n) is 12.0. The molecule has 100 valence electrons. The van der Waals surface area contributed by atoms with E-state index in [0.717, 1.165) is 32.1 Å². The van der Waals surface area contributed by atoms with Crippen LogP contribution in [0.4, 0.5) is 0 Å². The molecule has 0 saturated heterocycles. The molecule has 1 aliphatic rings. The van der Waals surface area contributed by atoms with Crippen LogP contribution in [0.2, 0.25) is 0 Å². The molecule has 0 aromatic heterocycles. The molecule has 1 aromatic carbocycles. The summed E-state index contributed by atoms with van der Waals surface area (Å²) in [6.45, 7) is 12.5. The van der Waals surface area contributed by atoms with Gasteiger partial charge >= 0.3 is 0 Å². The summed E-state index contributed by atoms with van der Waals surface area (Å²) in [5, 5.41) is 3.45. The van der Waals surface area contributed by atoms with Crippen molar-refractivity contribution in [3.63, 3.8) is 0 Å². The fourth-order valence-electron chi connectivity index (χ4n) is 2.82. The second-order valence-corrected chi connectivity index (χ2v) is 5.70. The number of benzene rings is 1. The molecule has 2 heteroatoms. The fourth-order valence-corrected chi connectivity index (χ4v) is 2.82. The zero-order chi connectivity index (χ0) is 13.0. The summed E-state index contributed by atoms with van der Waals surface area (Å²) in [5.41, 5.74) is 4.63. The Hall–Kier alpha value is -0.860. The van der Waals surface area contributed by atoms with Gasteiger partial charge in [0.2, 0.25) is 0 Å². The summed E-state index contributed by atoms with van der Waals surface area (Å²) in [4.78, 5) is 2.56. The molecule has 2 rings (SSSR count). The Morgan fingerprint density at radius 3 is 2.89 bits per heavy atom. The van der Waals surface area contributed by atoms with Crippen LogP contribution in [0.5, 0.6) is 0 Å². The molecule has 0 radical (unpaired) electrons. The van der Waals surface area contributed by atoms with Gasteiger partial charge in [-0.25, -0.2) is 0 Å². The summed E-state index contributed by atoms with van der Waals surface area (Å²) in [5.74, 6) is 0.742. The smallest absolute Gasteiger partial charge is 0.0236 e. The second-order valence-electron chi connectivity index (χ2n) is 5.70. The van der Waals surface area contributed by atoms with Crippen molar-refractivity contribution in [3.05, 3.63) is 34.9 Å². The van der Waals surface area contributed by atoms with Gasteiger partial charge in [-0.1, -0.05) is 39.0 Å². The Kier molecular flexibility index (Phi) is 4.79. The van der Waals surface area contributed by atoms with E-state index >= 15 is 0 Å². The van der Waals surface area contributed by atoms with E-state index in [9.17, 15) is 0 Å². The third-order valence-corrected chi connectivity index (χ3v) is 3.70. The predicted molar refractivity (Wildman–Crippen MR) is 77.6 cm³/mol. The highest BCUT2D eigenvalue weighted by Gasteiger charge is 2.14. The van der Waals surface area contributed by atoms with Crippen molar-refractivity contribution < 1.29 is 0 Å². The first kappa shape index (κ1) is 13.6. The monoisotopic (exact) mass is 246 g/mol. The lowest BCUT2D eigenvalue weighted by Gasteiger charge is -2.26. The maximum Gasteiger partial charge on any atom is 0.0236 e. The minimum Gasteiger partial charge on any atom is -0.312 e. The minimum absolute atomic E-state index is 0.742. The van der Waals surface area contributed by atoms with Crippen LogP contribution in [0.3, 0.4) is 0 Å². The average molecular weight is 246 g/mol. The van der Waals surface area contributed by atoms with Gasteiger partial charge in [-0.05, 0) is 42.1 Å². The highest BCUT2D eigenvalue weighted by molar-refractivity contribution is 5.37. The highest BCUT2D eigenvalue weighted by atomic mass is 15.1. The molecule has 1 N–H and O–H groups in total. The van der Waals surface area contributed by atoms with Crippen LogP contribution in [0, 0.1) is 5.92 Å². The number of nitrogens with one attached hydrogen (secondary N) is 1. The molecule has 1 heterocycles. The van der Waals surface area contributed by atoms with E-state index in [0.29, 0.717) is 0 Å². The van der Waals surface area contributed by atoms with Crippen LogP contribution >= 0.6 is 0 Å². The Labute approximate surface area is 111 Å². The Morgan fingerprint density at radius 2 is 2.17 bits per heavy atom. The van der Waals surface area contributed by atoms with Crippen molar-refractivity contribution in [2.24, 2.45) is 5.92 Å². The molecule has 1 aromatic rings. The Morgan fingerprint density at radius 1 is 1.33 bits per heavy atom. The second kappa shape index (κ2) is 6.35. The number of nitrogens with zero attached hydrogens (tertiary/aromatic N) is 1. The number of hydrogen-bond donors (Lipinski definition) is 1. The van der Waals surface area contributed by atoms with E-state index in [-0.39, 0.29) is 0 Å². The molecule has 0 fully saturated rings. The molecule has 0 spiro atoms. The molecular weight excluding hydrogens is 220 g/mol. The topological polar surface area (TPSA) is 15.3 Å². The molecule has 0 amide bonds. The van der Waals surface area contributed by atoms with Crippen molar-refractivity contribution in [3.8, 4) is 0 Å². The van der Waals surface area contributed by atoms with Crippen molar-refractivity contribution in [1.82, 2.24) is 10.2 Å². The van der Waals surface area contributed by atoms with Gasteiger partial charge in [0.1, 0.15) is 0 Å². The first-order valence-corrected chi connectivity index (χ1v) is 7.23. The Balaban J connectivity index is 2.12. The molecule has 1 aliphatic heterocycles. The lowest BCUT2D eigenvalue weighted by molar-refractivity contribution is 0.247. The van der Waals surface area contributed by atoms with Crippen LogP contribution in [-0.2, 0) is 19.5 Å². The van der Waals surface area contributed by atoms with Gasteiger partial charge < -0.3 is 5.32 Å². The van der Waals surface area contributed by atoms with Crippen molar-refractivity contribution in [1.29, 1.82) is 0 Å². The van der Waals surface area contributed by atoms with Gasteiger partial charge in [0.15, 0.2) is 0 Å².